The highest BCUT2D eigenvalue weighted by molar-refractivity contribution is 6.19. The minimum atomic E-state index is -5.30. The Hall–Kier alpha value is -0.360. The molecule has 0 N–H and O–H groups in total. The third-order valence-corrected chi connectivity index (χ3v) is 1.82. The zero-order chi connectivity index (χ0) is 13.0. The van der Waals surface area contributed by atoms with Crippen molar-refractivity contribution in [2.45, 2.75) is 11.8 Å². The lowest BCUT2D eigenvalue weighted by Crippen LogP contribution is -2.42. The summed E-state index contributed by atoms with van der Waals surface area (Å²) in [5, 5.41) is 0. The van der Waals surface area contributed by atoms with Gasteiger partial charge in [0.05, 0.1) is 0 Å². The van der Waals surface area contributed by atoms with Gasteiger partial charge in [-0.3, -0.25) is 0 Å². The molecule has 0 bridgehead atoms. The molecular weight excluding hydrogens is 281 g/mol. The van der Waals surface area contributed by atoms with Crippen molar-refractivity contribution in [1.82, 2.24) is 0 Å². The summed E-state index contributed by atoms with van der Waals surface area (Å²) in [5.74, 6) is -17.1. The summed E-state index contributed by atoms with van der Waals surface area (Å²) in [6.45, 7) is 0. The monoisotopic (exact) mass is 286 g/mol. The van der Waals surface area contributed by atoms with Gasteiger partial charge in [0.1, 0.15) is 0 Å². The normalized spacial score (nSPS) is 15.5. The van der Waals surface area contributed by atoms with Crippen molar-refractivity contribution in [3.63, 3.8) is 0 Å². The molecule has 0 amide bonds. The first-order valence-corrected chi connectivity index (χ1v) is 4.88. The Morgan fingerprint density at radius 2 is 1.06 bits per heavy atom. The molecule has 0 atom stereocenters. The van der Waals surface area contributed by atoms with Gasteiger partial charge in [-0.2, -0.15) is 17.6 Å². The summed E-state index contributed by atoms with van der Waals surface area (Å²) in [6.07, 6.45) is 0.0624. The van der Waals surface area contributed by atoms with Crippen LogP contribution in [-0.4, -0.2) is 23.6 Å². The largest absolute Gasteiger partial charge is 0.367 e. The van der Waals surface area contributed by atoms with Crippen molar-refractivity contribution < 1.29 is 26.3 Å². The third kappa shape index (κ3) is 3.07. The number of allylic oxidation sites excluding steroid dienone is 4. The highest BCUT2D eigenvalue weighted by Gasteiger charge is 2.62. The van der Waals surface area contributed by atoms with Gasteiger partial charge in [-0.05, 0) is 12.2 Å². The fourth-order valence-electron chi connectivity index (χ4n) is 0.692. The van der Waals surface area contributed by atoms with E-state index >= 15 is 0 Å². The molecule has 0 nitrogen and oxygen atoms in total. The molecule has 0 rings (SSSR count). The Morgan fingerprint density at radius 1 is 0.812 bits per heavy atom. The number of rotatable bonds is 5. The predicted octanol–water partition coefficient (Wildman–Crippen LogP) is 4.44. The first kappa shape index (κ1) is 15.6. The molecule has 0 spiro atoms. The zero-order valence-corrected chi connectivity index (χ0v) is 9.10. The molecule has 94 valence electrons. The topological polar surface area (TPSA) is 0 Å². The number of alkyl halides is 6. The minimum Gasteiger partial charge on any atom is -0.205 e. The van der Waals surface area contributed by atoms with Gasteiger partial charge >= 0.3 is 11.8 Å². The van der Waals surface area contributed by atoms with E-state index in [9.17, 15) is 26.3 Å². The maximum Gasteiger partial charge on any atom is 0.367 e. The van der Waals surface area contributed by atoms with Gasteiger partial charge in [0.25, 0.3) is 0 Å². The van der Waals surface area contributed by atoms with Crippen LogP contribution in [0.3, 0.4) is 0 Å². The van der Waals surface area contributed by atoms with Gasteiger partial charge in [0.15, 0.2) is 11.7 Å². The van der Waals surface area contributed by atoms with E-state index < -0.39 is 35.3 Å². The molecule has 0 aliphatic heterocycles. The Balaban J connectivity index is 5.28. The smallest absolute Gasteiger partial charge is 0.205 e. The molecular formula is C8H6Cl2F6. The molecule has 0 aromatic carbocycles. The lowest BCUT2D eigenvalue weighted by molar-refractivity contribution is -0.180. The molecule has 0 aliphatic carbocycles. The van der Waals surface area contributed by atoms with E-state index in [1.54, 1.807) is 0 Å². The molecule has 0 fully saturated rings. The highest BCUT2D eigenvalue weighted by Crippen LogP contribution is 2.45. The summed E-state index contributed by atoms with van der Waals surface area (Å²) in [4.78, 5) is 0. The van der Waals surface area contributed by atoms with Gasteiger partial charge in [-0.25, -0.2) is 8.78 Å². The second-order valence-electron chi connectivity index (χ2n) is 2.56. The Morgan fingerprint density at radius 3 is 1.25 bits per heavy atom. The predicted molar refractivity (Wildman–Crippen MR) is 49.7 cm³/mol. The van der Waals surface area contributed by atoms with E-state index in [4.69, 9.17) is 23.2 Å². The van der Waals surface area contributed by atoms with Crippen LogP contribution in [0.25, 0.3) is 0 Å². The van der Waals surface area contributed by atoms with Gasteiger partial charge in [-0.1, -0.05) is 0 Å². The second kappa shape index (κ2) is 5.82. The average Bonchev–Trinajstić information content (AvgIpc) is 2.18. The lowest BCUT2D eigenvalue weighted by Gasteiger charge is -2.23. The molecule has 0 aromatic rings. The van der Waals surface area contributed by atoms with Crippen molar-refractivity contribution >= 4 is 23.2 Å². The lowest BCUT2D eigenvalue weighted by atomic mass is 10.1. The van der Waals surface area contributed by atoms with Crippen molar-refractivity contribution in [3.05, 3.63) is 23.8 Å². The van der Waals surface area contributed by atoms with Gasteiger partial charge < -0.3 is 0 Å². The fourth-order valence-corrected chi connectivity index (χ4v) is 0.963. The van der Waals surface area contributed by atoms with Crippen molar-refractivity contribution in [2.24, 2.45) is 0 Å². The van der Waals surface area contributed by atoms with E-state index in [1.165, 1.54) is 0 Å². The Bertz CT molecular complexity index is 267. The summed E-state index contributed by atoms with van der Waals surface area (Å²) in [7, 11) is 0. The van der Waals surface area contributed by atoms with E-state index in [-0.39, 0.29) is 12.2 Å². The molecule has 0 unspecified atom stereocenters. The summed E-state index contributed by atoms with van der Waals surface area (Å²) in [6, 6.07) is 0. The molecule has 0 saturated heterocycles. The molecule has 0 aliphatic rings. The van der Waals surface area contributed by atoms with Crippen LogP contribution in [0, 0.1) is 0 Å². The maximum absolute atomic E-state index is 12.8. The van der Waals surface area contributed by atoms with E-state index in [0.29, 0.717) is 0 Å². The van der Waals surface area contributed by atoms with Gasteiger partial charge in [0.2, 0.25) is 0 Å². The van der Waals surface area contributed by atoms with E-state index in [0.717, 1.165) is 0 Å². The average molecular weight is 287 g/mol. The molecule has 16 heavy (non-hydrogen) atoms. The first-order valence-electron chi connectivity index (χ1n) is 3.81. The SMILES string of the molecule is F/C(=C\CCl)C(F)(F)C(F)(F)/C(F)=C\CCl. The molecule has 0 saturated carbocycles. The highest BCUT2D eigenvalue weighted by atomic mass is 35.5. The second-order valence-corrected chi connectivity index (χ2v) is 3.18. The third-order valence-electron chi connectivity index (χ3n) is 1.51. The van der Waals surface area contributed by atoms with Crippen LogP contribution in [-0.2, 0) is 0 Å². The van der Waals surface area contributed by atoms with Crippen LogP contribution in [0.2, 0.25) is 0 Å². The summed E-state index contributed by atoms with van der Waals surface area (Å²) in [5.41, 5.74) is 0. The molecule has 0 heterocycles. The standard InChI is InChI=1S/C8H6Cl2F6/c9-3-1-5(11)7(13,14)8(15,16)6(12)2-4-10/h1-2H,3-4H2/b5-1-,6-2+. The fraction of sp³-hybridized carbons (Fsp3) is 0.500. The maximum atomic E-state index is 12.8. The quantitative estimate of drug-likeness (QED) is 0.518. The molecule has 8 heteroatoms. The van der Waals surface area contributed by atoms with E-state index in [1.807, 2.05) is 0 Å². The first-order chi connectivity index (χ1) is 7.21. The Kier molecular flexibility index (Phi) is 5.69. The van der Waals surface area contributed by atoms with Crippen molar-refractivity contribution in [1.29, 1.82) is 0 Å². The van der Waals surface area contributed by atoms with Crippen molar-refractivity contribution in [3.8, 4) is 0 Å². The van der Waals surface area contributed by atoms with Crippen LogP contribution >= 0.6 is 23.2 Å². The van der Waals surface area contributed by atoms with Crippen LogP contribution in [0.1, 0.15) is 0 Å². The number of halogens is 8. The number of hydrogen-bond donors (Lipinski definition) is 0. The number of hydrogen-bond acceptors (Lipinski definition) is 0. The van der Waals surface area contributed by atoms with Crippen LogP contribution in [0.5, 0.6) is 0 Å². The van der Waals surface area contributed by atoms with Crippen LogP contribution < -0.4 is 0 Å². The van der Waals surface area contributed by atoms with E-state index in [2.05, 4.69) is 0 Å². The molecule has 0 aromatic heterocycles. The van der Waals surface area contributed by atoms with Crippen LogP contribution in [0.4, 0.5) is 26.3 Å². The minimum absolute atomic E-state index is 0.0312. The van der Waals surface area contributed by atoms with Gasteiger partial charge in [0, 0.05) is 11.8 Å². The zero-order valence-electron chi connectivity index (χ0n) is 7.59. The van der Waals surface area contributed by atoms with Gasteiger partial charge in [-0.15, -0.1) is 23.2 Å². The summed E-state index contributed by atoms with van der Waals surface area (Å²) < 4.78 is 76.3. The Labute approximate surface area is 97.5 Å². The van der Waals surface area contributed by atoms with Crippen LogP contribution in [0.15, 0.2) is 23.8 Å². The van der Waals surface area contributed by atoms with Crippen molar-refractivity contribution in [2.75, 3.05) is 11.8 Å². The summed E-state index contributed by atoms with van der Waals surface area (Å²) >= 11 is 9.74. The molecule has 0 radical (unpaired) electrons.